The summed E-state index contributed by atoms with van der Waals surface area (Å²) < 4.78 is 2.17. The third-order valence-corrected chi connectivity index (χ3v) is 6.28. The van der Waals surface area contributed by atoms with Crippen molar-refractivity contribution in [1.29, 1.82) is 0 Å². The van der Waals surface area contributed by atoms with E-state index in [0.29, 0.717) is 25.2 Å². The number of carbonyl (C=O) groups is 2. The first kappa shape index (κ1) is 21.1. The molecule has 1 aliphatic rings. The van der Waals surface area contributed by atoms with Crippen molar-refractivity contribution in [2.24, 2.45) is 5.92 Å². The molecule has 8 nitrogen and oxygen atoms in total. The summed E-state index contributed by atoms with van der Waals surface area (Å²) in [7, 11) is 0. The Hall–Kier alpha value is -3.75. The Kier molecular flexibility index (Phi) is 5.53. The molecule has 0 radical (unpaired) electrons. The van der Waals surface area contributed by atoms with E-state index in [-0.39, 0.29) is 11.9 Å². The maximum Gasteiger partial charge on any atom is 0.251 e. The number of hydrogen-bond donors (Lipinski definition) is 4. The normalized spacial score (nSPS) is 18.0. The highest BCUT2D eigenvalue weighted by Crippen LogP contribution is 2.23. The monoisotopic (exact) mass is 443 g/mol. The molecule has 33 heavy (non-hydrogen) atoms. The molecule has 2 aromatic carbocycles. The Morgan fingerprint density at radius 1 is 1.15 bits per heavy atom. The van der Waals surface area contributed by atoms with E-state index in [1.165, 1.54) is 5.56 Å². The summed E-state index contributed by atoms with van der Waals surface area (Å²) in [6, 6.07) is 17.5. The Labute approximate surface area is 190 Å². The molecular formula is C25H25N5O3. The maximum atomic E-state index is 12.8. The van der Waals surface area contributed by atoms with E-state index in [0.717, 1.165) is 27.5 Å². The van der Waals surface area contributed by atoms with Crippen LogP contribution in [0.4, 0.5) is 0 Å². The Morgan fingerprint density at radius 3 is 2.85 bits per heavy atom. The Balaban J connectivity index is 1.38. The van der Waals surface area contributed by atoms with Crippen molar-refractivity contribution in [2.45, 2.75) is 19.5 Å². The zero-order valence-electron chi connectivity index (χ0n) is 18.2. The summed E-state index contributed by atoms with van der Waals surface area (Å²) in [5.41, 5.74) is 6.39. The Morgan fingerprint density at radius 2 is 2.00 bits per heavy atom. The van der Waals surface area contributed by atoms with Crippen LogP contribution in [0.2, 0.25) is 0 Å². The lowest BCUT2D eigenvalue weighted by Crippen LogP contribution is -2.45. The van der Waals surface area contributed by atoms with Gasteiger partial charge in [0.25, 0.3) is 5.91 Å². The van der Waals surface area contributed by atoms with Gasteiger partial charge in [0.1, 0.15) is 0 Å². The van der Waals surface area contributed by atoms with Gasteiger partial charge in [-0.15, -0.1) is 0 Å². The highest BCUT2D eigenvalue weighted by Gasteiger charge is 2.34. The third kappa shape index (κ3) is 4.06. The number of nitrogens with zero attached hydrogens (tertiary/aromatic N) is 2. The second-order valence-corrected chi connectivity index (χ2v) is 8.48. The lowest BCUT2D eigenvalue weighted by molar-refractivity contribution is -0.133. The van der Waals surface area contributed by atoms with Crippen LogP contribution in [0.3, 0.4) is 0 Å². The molecule has 0 aliphatic carbocycles. The van der Waals surface area contributed by atoms with Crippen LogP contribution in [-0.4, -0.2) is 45.7 Å². The fourth-order valence-corrected chi connectivity index (χ4v) is 4.63. The molecule has 2 unspecified atom stereocenters. The summed E-state index contributed by atoms with van der Waals surface area (Å²) in [5.74, 6) is -1.26. The van der Waals surface area contributed by atoms with E-state index < -0.39 is 11.8 Å². The molecule has 2 atom stereocenters. The van der Waals surface area contributed by atoms with Crippen molar-refractivity contribution >= 4 is 33.6 Å². The first-order valence-corrected chi connectivity index (χ1v) is 10.9. The van der Waals surface area contributed by atoms with Gasteiger partial charge >= 0.3 is 0 Å². The predicted octanol–water partition coefficient (Wildman–Crippen LogP) is 2.37. The lowest BCUT2D eigenvalue weighted by Gasteiger charge is -2.18. The summed E-state index contributed by atoms with van der Waals surface area (Å²) in [4.78, 5) is 29.3. The molecule has 1 aliphatic heterocycles. The van der Waals surface area contributed by atoms with Gasteiger partial charge in [0, 0.05) is 53.4 Å². The SMILES string of the molecule is Cc1cc(Cn2ccc3cc(C(=O)NC4CNCC4C(=O)NO)ccc32)c2ccccc2n1. The largest absolute Gasteiger partial charge is 0.347 e. The van der Waals surface area contributed by atoms with Crippen molar-refractivity contribution in [3.05, 3.63) is 77.6 Å². The average molecular weight is 444 g/mol. The van der Waals surface area contributed by atoms with E-state index >= 15 is 0 Å². The molecule has 1 saturated heterocycles. The molecule has 5 rings (SSSR count). The van der Waals surface area contributed by atoms with Crippen molar-refractivity contribution in [3.8, 4) is 0 Å². The van der Waals surface area contributed by atoms with Gasteiger partial charge in [-0.1, -0.05) is 18.2 Å². The lowest BCUT2D eigenvalue weighted by atomic mass is 10.0. The minimum absolute atomic E-state index is 0.246. The molecule has 2 amide bonds. The van der Waals surface area contributed by atoms with Crippen LogP contribution in [0.1, 0.15) is 21.6 Å². The molecule has 168 valence electrons. The number of pyridine rings is 1. The van der Waals surface area contributed by atoms with E-state index in [1.807, 2.05) is 49.5 Å². The summed E-state index contributed by atoms with van der Waals surface area (Å²) in [6.45, 7) is 3.58. The van der Waals surface area contributed by atoms with Crippen LogP contribution in [0, 0.1) is 12.8 Å². The summed E-state index contributed by atoms with van der Waals surface area (Å²) in [6.07, 6.45) is 2.03. The number of benzene rings is 2. The van der Waals surface area contributed by atoms with Gasteiger partial charge in [-0.3, -0.25) is 19.8 Å². The number of carbonyl (C=O) groups excluding carboxylic acids is 2. The number of hydroxylamine groups is 1. The molecule has 3 heterocycles. The number of rotatable bonds is 5. The number of nitrogens with one attached hydrogen (secondary N) is 3. The highest BCUT2D eigenvalue weighted by atomic mass is 16.5. The number of fused-ring (bicyclic) bond motifs is 2. The number of hydrogen-bond acceptors (Lipinski definition) is 5. The molecule has 0 bridgehead atoms. The van der Waals surface area contributed by atoms with Gasteiger partial charge in [-0.2, -0.15) is 0 Å². The number of para-hydroxylation sites is 1. The van der Waals surface area contributed by atoms with Crippen molar-refractivity contribution in [2.75, 3.05) is 13.1 Å². The average Bonchev–Trinajstić information content (AvgIpc) is 3.45. The zero-order chi connectivity index (χ0) is 22.9. The van der Waals surface area contributed by atoms with Gasteiger partial charge in [0.15, 0.2) is 0 Å². The van der Waals surface area contributed by atoms with E-state index in [2.05, 4.69) is 32.3 Å². The third-order valence-electron chi connectivity index (χ3n) is 6.28. The van der Waals surface area contributed by atoms with Gasteiger partial charge in [-0.05, 0) is 48.9 Å². The van der Waals surface area contributed by atoms with E-state index in [4.69, 9.17) is 5.21 Å². The standard InChI is InChI=1S/C25H25N5O3/c1-15-10-18(19-4-2-3-5-21(19)27-15)14-30-9-8-16-11-17(6-7-23(16)30)24(31)28-22-13-26-12-20(22)25(32)29-33/h2-11,20,22,26,33H,12-14H2,1H3,(H,28,31)(H,29,32). The van der Waals surface area contributed by atoms with Crippen LogP contribution in [0.15, 0.2) is 60.8 Å². The van der Waals surface area contributed by atoms with Gasteiger partial charge in [0.2, 0.25) is 5.91 Å². The summed E-state index contributed by atoms with van der Waals surface area (Å²) >= 11 is 0. The molecule has 4 N–H and O–H groups in total. The molecule has 8 heteroatoms. The van der Waals surface area contributed by atoms with Gasteiger partial charge in [0.05, 0.1) is 17.5 Å². The second-order valence-electron chi connectivity index (χ2n) is 8.48. The predicted molar refractivity (Wildman–Crippen MR) is 125 cm³/mol. The minimum atomic E-state index is -0.512. The molecule has 4 aromatic rings. The van der Waals surface area contributed by atoms with Crippen LogP contribution in [-0.2, 0) is 11.3 Å². The van der Waals surface area contributed by atoms with Crippen molar-refractivity contribution < 1.29 is 14.8 Å². The van der Waals surface area contributed by atoms with Crippen LogP contribution in [0.5, 0.6) is 0 Å². The topological polar surface area (TPSA) is 108 Å². The maximum absolute atomic E-state index is 12.8. The van der Waals surface area contributed by atoms with Crippen LogP contribution >= 0.6 is 0 Å². The smallest absolute Gasteiger partial charge is 0.251 e. The van der Waals surface area contributed by atoms with E-state index in [9.17, 15) is 9.59 Å². The van der Waals surface area contributed by atoms with Crippen molar-refractivity contribution in [1.82, 2.24) is 25.7 Å². The zero-order valence-corrected chi connectivity index (χ0v) is 18.2. The molecule has 0 spiro atoms. The van der Waals surface area contributed by atoms with Crippen LogP contribution < -0.4 is 16.1 Å². The minimum Gasteiger partial charge on any atom is -0.347 e. The fourth-order valence-electron chi connectivity index (χ4n) is 4.63. The highest BCUT2D eigenvalue weighted by molar-refractivity contribution is 5.98. The quantitative estimate of drug-likeness (QED) is 0.280. The molecule has 1 fully saturated rings. The number of aromatic nitrogens is 2. The molecule has 0 saturated carbocycles. The molecule has 2 aromatic heterocycles. The van der Waals surface area contributed by atoms with Crippen molar-refractivity contribution in [3.63, 3.8) is 0 Å². The first-order valence-electron chi connectivity index (χ1n) is 10.9. The van der Waals surface area contributed by atoms with E-state index in [1.54, 1.807) is 11.5 Å². The van der Waals surface area contributed by atoms with Gasteiger partial charge in [-0.25, -0.2) is 5.48 Å². The fraction of sp³-hybridized carbons (Fsp3) is 0.240. The second kappa shape index (κ2) is 8.65. The first-order chi connectivity index (χ1) is 16.0. The number of amides is 2. The molecular weight excluding hydrogens is 418 g/mol. The summed E-state index contributed by atoms with van der Waals surface area (Å²) in [5, 5.41) is 17.0. The Bertz CT molecular complexity index is 1360. The number of aryl methyl sites for hydroxylation is 1. The van der Waals surface area contributed by atoms with Gasteiger partial charge < -0.3 is 15.2 Å². The van der Waals surface area contributed by atoms with Crippen LogP contribution in [0.25, 0.3) is 21.8 Å².